The van der Waals surface area contributed by atoms with Crippen LogP contribution in [0.25, 0.3) is 64.3 Å². The van der Waals surface area contributed by atoms with Crippen LogP contribution >= 0.6 is 11.3 Å². The van der Waals surface area contributed by atoms with Crippen molar-refractivity contribution in [3.05, 3.63) is 239 Å². The van der Waals surface area contributed by atoms with Crippen LogP contribution in [0, 0.1) is 5.92 Å². The third-order valence-electron chi connectivity index (χ3n) is 14.7. The fraction of sp³-hybridized carbons (Fsp3) is 0.129. The summed E-state index contributed by atoms with van der Waals surface area (Å²) in [7, 11) is 0. The van der Waals surface area contributed by atoms with Crippen LogP contribution in [0.3, 0.4) is 0 Å². The molecule has 1 aromatic heterocycles. The minimum atomic E-state index is -0.132. The van der Waals surface area contributed by atoms with Gasteiger partial charge < -0.3 is 0 Å². The Labute approximate surface area is 384 Å². The fourth-order valence-corrected chi connectivity index (χ4v) is 12.7. The van der Waals surface area contributed by atoms with Crippen molar-refractivity contribution < 1.29 is 0 Å². The molecule has 0 saturated carbocycles. The molecule has 3 heteroatoms. The zero-order chi connectivity index (χ0) is 43.2. The van der Waals surface area contributed by atoms with E-state index in [1.165, 1.54) is 103 Å². The Balaban J connectivity index is 0.982. The minimum absolute atomic E-state index is 0.0598. The topological polar surface area (TPSA) is 24.7 Å². The van der Waals surface area contributed by atoms with Crippen LogP contribution in [-0.4, -0.2) is 11.5 Å². The van der Waals surface area contributed by atoms with E-state index in [9.17, 15) is 0 Å². The van der Waals surface area contributed by atoms with Gasteiger partial charge in [0.15, 0.2) is 5.84 Å². The van der Waals surface area contributed by atoms with E-state index >= 15 is 0 Å². The van der Waals surface area contributed by atoms with E-state index in [1.54, 1.807) is 0 Å². The number of thiophene rings is 1. The molecule has 10 aromatic rings. The van der Waals surface area contributed by atoms with E-state index < -0.39 is 0 Å². The van der Waals surface area contributed by atoms with E-state index in [4.69, 9.17) is 9.98 Å². The van der Waals surface area contributed by atoms with E-state index in [2.05, 4.69) is 208 Å². The van der Waals surface area contributed by atoms with Gasteiger partial charge in [-0.2, -0.15) is 0 Å². The number of amidine groups is 1. The molecule has 0 saturated heterocycles. The van der Waals surface area contributed by atoms with Gasteiger partial charge in [-0.05, 0) is 127 Å². The Hall–Kier alpha value is -7.20. The zero-order valence-corrected chi connectivity index (χ0v) is 37.3. The van der Waals surface area contributed by atoms with Crippen molar-refractivity contribution in [2.75, 3.05) is 0 Å². The van der Waals surface area contributed by atoms with Crippen molar-refractivity contribution >= 4 is 53.8 Å². The Bertz CT molecular complexity index is 3610. The number of rotatable bonds is 6. The summed E-state index contributed by atoms with van der Waals surface area (Å²) in [5, 5.41) is 5.15. The first-order chi connectivity index (χ1) is 32.1. The van der Waals surface area contributed by atoms with Gasteiger partial charge in [0, 0.05) is 43.1 Å². The minimum Gasteiger partial charge on any atom is -0.257 e. The van der Waals surface area contributed by atoms with E-state index in [-0.39, 0.29) is 17.9 Å². The smallest absolute Gasteiger partial charge is 0.155 e. The lowest BCUT2D eigenvalue weighted by Crippen LogP contribution is -2.29. The van der Waals surface area contributed by atoms with Crippen LogP contribution in [0.1, 0.15) is 82.7 Å². The summed E-state index contributed by atoms with van der Waals surface area (Å²) < 4.78 is 2.59. The highest BCUT2D eigenvalue weighted by Crippen LogP contribution is 2.53. The second-order valence-electron chi connectivity index (χ2n) is 18.2. The number of benzene rings is 9. The molecule has 0 N–H and O–H groups in total. The first kappa shape index (κ1) is 38.3. The largest absolute Gasteiger partial charge is 0.257 e. The standard InChI is InChI=1S/C62H46N2S/c1-3-45-60(50-25-12-9-21-46(50)38-16-5-4-6-17-38)63-62(44-30-31-57-55(36-44)48-23-13-14-27-56(48)65-57)64-61(45)51-26-15-20-42-32-41-28-29-43(35-53(41)59(42)51)58-37(2)52-33-39-18-7-8-19-40(39)34-54(52)47-22-10-11-24-49(47)58/h4-31,33-37,45,58,60H,3,32H2,1-2H3. The highest BCUT2D eigenvalue weighted by Gasteiger charge is 2.37. The quantitative estimate of drug-likeness (QED) is 0.159. The second-order valence-corrected chi connectivity index (χ2v) is 19.3. The van der Waals surface area contributed by atoms with E-state index in [1.807, 2.05) is 11.3 Å². The number of hydrogen-bond donors (Lipinski definition) is 0. The SMILES string of the molecule is CCC1C(c2cccc3c2-c2cc(C4c5ccccc5-c5cc6ccccc6cc5C4C)ccc2C3)=NC(c2ccc3sc4ccccc4c3c2)=NC1c1ccccc1-c1ccccc1. The van der Waals surface area contributed by atoms with Crippen LogP contribution in [0.5, 0.6) is 0 Å². The molecular formula is C62H46N2S. The third kappa shape index (κ3) is 6.13. The summed E-state index contributed by atoms with van der Waals surface area (Å²) >= 11 is 1.85. The average molecular weight is 851 g/mol. The van der Waals surface area contributed by atoms with Crippen molar-refractivity contribution in [1.82, 2.24) is 0 Å². The molecule has 2 nitrogen and oxygen atoms in total. The Morgan fingerprint density at radius 1 is 0.508 bits per heavy atom. The molecule has 2 aliphatic carbocycles. The monoisotopic (exact) mass is 850 g/mol. The predicted octanol–water partition coefficient (Wildman–Crippen LogP) is 16.4. The molecule has 0 bridgehead atoms. The Morgan fingerprint density at radius 2 is 1.23 bits per heavy atom. The molecule has 1 aliphatic heterocycles. The first-order valence-corrected chi connectivity index (χ1v) is 24.0. The van der Waals surface area contributed by atoms with Crippen molar-refractivity contribution in [1.29, 1.82) is 0 Å². The maximum atomic E-state index is 5.75. The lowest BCUT2D eigenvalue weighted by Gasteiger charge is -2.35. The molecule has 9 aromatic carbocycles. The van der Waals surface area contributed by atoms with Crippen LogP contribution in [0.4, 0.5) is 0 Å². The molecule has 13 rings (SSSR count). The van der Waals surface area contributed by atoms with Crippen molar-refractivity contribution in [3.63, 3.8) is 0 Å². The van der Waals surface area contributed by atoms with Crippen molar-refractivity contribution in [2.24, 2.45) is 15.9 Å². The van der Waals surface area contributed by atoms with Crippen LogP contribution < -0.4 is 0 Å². The molecule has 4 unspecified atom stereocenters. The second kappa shape index (κ2) is 15.2. The van der Waals surface area contributed by atoms with Gasteiger partial charge in [-0.25, -0.2) is 4.99 Å². The molecular weight excluding hydrogens is 805 g/mol. The number of fused-ring (bicyclic) bond motifs is 10. The van der Waals surface area contributed by atoms with Crippen LogP contribution in [0.15, 0.2) is 204 Å². The maximum absolute atomic E-state index is 5.75. The molecule has 3 aliphatic rings. The van der Waals surface area contributed by atoms with Gasteiger partial charge >= 0.3 is 0 Å². The highest BCUT2D eigenvalue weighted by atomic mass is 32.1. The number of nitrogens with zero attached hydrogens (tertiary/aromatic N) is 2. The number of aliphatic imine (C=N–C) groups is 2. The summed E-state index contributed by atoms with van der Waals surface area (Å²) in [6, 6.07) is 72.4. The van der Waals surface area contributed by atoms with E-state index in [0.717, 1.165) is 30.0 Å². The third-order valence-corrected chi connectivity index (χ3v) is 15.9. The molecule has 0 amide bonds. The first-order valence-electron chi connectivity index (χ1n) is 23.2. The summed E-state index contributed by atoms with van der Waals surface area (Å²) in [5.74, 6) is 1.38. The van der Waals surface area contributed by atoms with Crippen molar-refractivity contribution in [3.8, 4) is 33.4 Å². The Kier molecular flexibility index (Phi) is 8.96. The summed E-state index contributed by atoms with van der Waals surface area (Å²) in [5.41, 5.74) is 19.5. The van der Waals surface area contributed by atoms with Crippen LogP contribution in [0.2, 0.25) is 0 Å². The molecule has 65 heavy (non-hydrogen) atoms. The van der Waals surface area contributed by atoms with Gasteiger partial charge in [-0.3, -0.25) is 4.99 Å². The van der Waals surface area contributed by atoms with Crippen LogP contribution in [-0.2, 0) is 6.42 Å². The highest BCUT2D eigenvalue weighted by molar-refractivity contribution is 7.25. The van der Waals surface area contributed by atoms with Gasteiger partial charge in [0.05, 0.1) is 11.8 Å². The molecule has 0 radical (unpaired) electrons. The van der Waals surface area contributed by atoms with E-state index in [0.29, 0.717) is 5.92 Å². The molecule has 4 atom stereocenters. The number of hydrogen-bond acceptors (Lipinski definition) is 3. The fourth-order valence-electron chi connectivity index (χ4n) is 11.7. The van der Waals surface area contributed by atoms with Gasteiger partial charge in [0.25, 0.3) is 0 Å². The molecule has 310 valence electrons. The lowest BCUT2D eigenvalue weighted by molar-refractivity contribution is 0.533. The summed E-state index contributed by atoms with van der Waals surface area (Å²) in [4.78, 5) is 11.5. The molecule has 0 fully saturated rings. The zero-order valence-electron chi connectivity index (χ0n) is 36.5. The molecule has 0 spiro atoms. The summed E-state index contributed by atoms with van der Waals surface area (Å²) in [6.45, 7) is 4.76. The van der Waals surface area contributed by atoms with Gasteiger partial charge in [0.1, 0.15) is 0 Å². The normalized spacial score (nSPS) is 18.5. The van der Waals surface area contributed by atoms with Gasteiger partial charge in [0.2, 0.25) is 0 Å². The van der Waals surface area contributed by atoms with Crippen molar-refractivity contribution in [2.45, 2.75) is 44.6 Å². The Morgan fingerprint density at radius 3 is 2.09 bits per heavy atom. The average Bonchev–Trinajstić information content (AvgIpc) is 3.94. The summed E-state index contributed by atoms with van der Waals surface area (Å²) in [6.07, 6.45) is 1.82. The predicted molar refractivity (Wildman–Crippen MR) is 275 cm³/mol. The maximum Gasteiger partial charge on any atom is 0.155 e. The lowest BCUT2D eigenvalue weighted by atomic mass is 9.69. The van der Waals surface area contributed by atoms with Gasteiger partial charge in [-0.1, -0.05) is 178 Å². The molecule has 2 heterocycles. The van der Waals surface area contributed by atoms with Gasteiger partial charge in [-0.15, -0.1) is 11.3 Å².